The van der Waals surface area contributed by atoms with Crippen LogP contribution in [-0.4, -0.2) is 0 Å². The van der Waals surface area contributed by atoms with E-state index in [2.05, 4.69) is 218 Å². The number of nitrogens with zero attached hydrogens (tertiary/aromatic N) is 1. The quantitative estimate of drug-likeness (QED) is 0.153. The van der Waals surface area contributed by atoms with Crippen LogP contribution in [0.25, 0.3) is 44.2 Å². The van der Waals surface area contributed by atoms with E-state index in [1.807, 2.05) is 0 Å². The molecule has 9 aromatic carbocycles. The maximum absolute atomic E-state index is 6.94. The van der Waals surface area contributed by atoms with Crippen molar-refractivity contribution in [2.75, 3.05) is 4.90 Å². The first-order chi connectivity index (χ1) is 29.2. The largest absolute Gasteiger partial charge is 0.456 e. The summed E-state index contributed by atoms with van der Waals surface area (Å²) in [5.41, 5.74) is 16.5. The maximum atomic E-state index is 6.94. The van der Waals surface area contributed by atoms with Crippen molar-refractivity contribution >= 4 is 27.8 Å². The van der Waals surface area contributed by atoms with Gasteiger partial charge in [-0.2, -0.15) is 0 Å². The molecule has 2 heteroatoms. The van der Waals surface area contributed by atoms with E-state index in [1.165, 1.54) is 73.9 Å². The molecule has 9 aromatic rings. The second kappa shape index (κ2) is 14.3. The Morgan fingerprint density at radius 1 is 0.458 bits per heavy atom. The Balaban J connectivity index is 1.15. The highest BCUT2D eigenvalue weighted by Gasteiger charge is 2.52. The monoisotopic (exact) mass is 757 g/mol. The van der Waals surface area contributed by atoms with E-state index in [0.717, 1.165) is 45.9 Å². The molecule has 1 aliphatic carbocycles. The number of benzene rings is 9. The van der Waals surface area contributed by atoms with Crippen LogP contribution in [-0.2, 0) is 11.8 Å². The van der Waals surface area contributed by atoms with Gasteiger partial charge in [0.15, 0.2) is 0 Å². The molecular formula is C57H43NO. The Morgan fingerprint density at radius 2 is 1.08 bits per heavy atom. The summed E-state index contributed by atoms with van der Waals surface area (Å²) in [6.45, 7) is 2.26. The fourth-order valence-corrected chi connectivity index (χ4v) is 9.88. The summed E-state index contributed by atoms with van der Waals surface area (Å²) in [5, 5.41) is 2.29. The van der Waals surface area contributed by atoms with Gasteiger partial charge in [-0.3, -0.25) is 0 Å². The average Bonchev–Trinajstić information content (AvgIpc) is 3.60. The van der Waals surface area contributed by atoms with Crippen LogP contribution < -0.4 is 9.64 Å². The third kappa shape index (κ3) is 5.55. The molecule has 0 amide bonds. The fraction of sp³-hybridized carbons (Fsp3) is 0.0877. The van der Waals surface area contributed by atoms with E-state index >= 15 is 0 Å². The van der Waals surface area contributed by atoms with E-state index in [9.17, 15) is 0 Å². The number of hydrogen-bond acceptors (Lipinski definition) is 2. The third-order valence-corrected chi connectivity index (χ3v) is 12.6. The summed E-state index contributed by atoms with van der Waals surface area (Å²) in [7, 11) is 0. The topological polar surface area (TPSA) is 12.5 Å². The van der Waals surface area contributed by atoms with Gasteiger partial charge in [-0.25, -0.2) is 0 Å². The molecule has 1 spiro atoms. The lowest BCUT2D eigenvalue weighted by molar-refractivity contribution is 0.441. The highest BCUT2D eigenvalue weighted by atomic mass is 16.5. The van der Waals surface area contributed by atoms with E-state index in [4.69, 9.17) is 4.74 Å². The van der Waals surface area contributed by atoms with E-state index in [1.54, 1.807) is 0 Å². The number of ether oxygens (including phenoxy) is 1. The molecule has 1 atom stereocenters. The second-order valence-corrected chi connectivity index (χ2v) is 15.8. The number of aryl methyl sites for hydroxylation is 1. The Labute approximate surface area is 346 Å². The van der Waals surface area contributed by atoms with Crippen LogP contribution in [0, 0.1) is 0 Å². The first-order valence-electron chi connectivity index (χ1n) is 20.9. The second-order valence-electron chi connectivity index (χ2n) is 15.8. The minimum absolute atomic E-state index is 0.592. The number of rotatable bonds is 8. The summed E-state index contributed by atoms with van der Waals surface area (Å²) < 4.78 is 6.94. The molecule has 2 aliphatic rings. The molecule has 1 unspecified atom stereocenters. The van der Waals surface area contributed by atoms with Crippen LogP contribution in [0.5, 0.6) is 11.5 Å². The smallest absolute Gasteiger partial charge is 0.140 e. The molecule has 1 aliphatic heterocycles. The molecule has 11 rings (SSSR count). The summed E-state index contributed by atoms with van der Waals surface area (Å²) in [6, 6.07) is 75.6. The number of unbranched alkanes of at least 4 members (excludes halogenated alkanes) is 1. The van der Waals surface area contributed by atoms with Gasteiger partial charge in [0.05, 0.1) is 11.1 Å². The maximum Gasteiger partial charge on any atom is 0.140 e. The van der Waals surface area contributed by atoms with Gasteiger partial charge in [-0.05, 0) is 99.1 Å². The number of hydrogen-bond donors (Lipinski definition) is 0. The number of para-hydroxylation sites is 1. The first kappa shape index (κ1) is 35.0. The molecule has 282 valence electrons. The summed E-state index contributed by atoms with van der Waals surface area (Å²) in [6.07, 6.45) is 3.44. The standard InChI is InChI=1S/C57H43NO/c1-2-3-16-41-19-7-9-21-46(41)43-31-36-45(37-32-43)58(44-34-29-40(30-35-44)39-17-5-4-6-18-39)53-27-15-26-51-55(53)48-23-11-12-24-49(48)57(51)50-25-13-14-28-54(50)59-56-47-22-10-8-20-42(47)33-38-52(56)57/h4-15,17-38H,2-3,16H2,1H3. The van der Waals surface area contributed by atoms with Crippen molar-refractivity contribution in [2.45, 2.75) is 31.6 Å². The zero-order valence-electron chi connectivity index (χ0n) is 33.1. The highest BCUT2D eigenvalue weighted by molar-refractivity contribution is 6.00. The summed E-state index contributed by atoms with van der Waals surface area (Å²) in [4.78, 5) is 2.46. The fourth-order valence-electron chi connectivity index (χ4n) is 9.88. The van der Waals surface area contributed by atoms with Crippen LogP contribution in [0.1, 0.15) is 47.6 Å². The molecule has 0 radical (unpaired) electrons. The Morgan fingerprint density at radius 3 is 1.88 bits per heavy atom. The summed E-state index contributed by atoms with van der Waals surface area (Å²) in [5.74, 6) is 1.82. The lowest BCUT2D eigenvalue weighted by Gasteiger charge is -2.40. The Hall–Kier alpha value is -7.16. The van der Waals surface area contributed by atoms with Gasteiger partial charge in [0, 0.05) is 33.5 Å². The van der Waals surface area contributed by atoms with Gasteiger partial charge >= 0.3 is 0 Å². The molecule has 1 heterocycles. The van der Waals surface area contributed by atoms with Crippen molar-refractivity contribution in [1.29, 1.82) is 0 Å². The van der Waals surface area contributed by atoms with Crippen LogP contribution in [0.15, 0.2) is 206 Å². The minimum Gasteiger partial charge on any atom is -0.456 e. The normalized spacial score (nSPS) is 14.6. The van der Waals surface area contributed by atoms with Gasteiger partial charge in [-0.1, -0.05) is 183 Å². The molecule has 0 saturated carbocycles. The highest BCUT2D eigenvalue weighted by Crippen LogP contribution is 2.64. The third-order valence-electron chi connectivity index (χ3n) is 12.6. The summed E-state index contributed by atoms with van der Waals surface area (Å²) >= 11 is 0. The van der Waals surface area contributed by atoms with Crippen LogP contribution in [0.2, 0.25) is 0 Å². The van der Waals surface area contributed by atoms with Crippen molar-refractivity contribution in [1.82, 2.24) is 0 Å². The van der Waals surface area contributed by atoms with Gasteiger partial charge in [0.2, 0.25) is 0 Å². The Bertz CT molecular complexity index is 3000. The van der Waals surface area contributed by atoms with E-state index < -0.39 is 5.41 Å². The van der Waals surface area contributed by atoms with Crippen molar-refractivity contribution in [3.8, 4) is 44.9 Å². The molecule has 2 nitrogen and oxygen atoms in total. The van der Waals surface area contributed by atoms with Crippen molar-refractivity contribution in [3.63, 3.8) is 0 Å². The predicted molar refractivity (Wildman–Crippen MR) is 245 cm³/mol. The van der Waals surface area contributed by atoms with Crippen molar-refractivity contribution in [3.05, 3.63) is 234 Å². The Kier molecular flexibility index (Phi) is 8.52. The van der Waals surface area contributed by atoms with E-state index in [0.29, 0.717) is 0 Å². The van der Waals surface area contributed by atoms with Gasteiger partial charge in [0.1, 0.15) is 11.5 Å². The van der Waals surface area contributed by atoms with E-state index in [-0.39, 0.29) is 0 Å². The van der Waals surface area contributed by atoms with Crippen LogP contribution in [0.3, 0.4) is 0 Å². The molecule has 0 N–H and O–H groups in total. The molecular weight excluding hydrogens is 715 g/mol. The molecule has 0 aromatic heterocycles. The lowest BCUT2D eigenvalue weighted by Crippen LogP contribution is -2.32. The minimum atomic E-state index is -0.592. The molecule has 0 fully saturated rings. The molecule has 59 heavy (non-hydrogen) atoms. The predicted octanol–water partition coefficient (Wildman–Crippen LogP) is 15.5. The first-order valence-corrected chi connectivity index (χ1v) is 20.9. The van der Waals surface area contributed by atoms with Gasteiger partial charge < -0.3 is 9.64 Å². The average molecular weight is 758 g/mol. The van der Waals surface area contributed by atoms with Crippen LogP contribution >= 0.6 is 0 Å². The zero-order valence-corrected chi connectivity index (χ0v) is 33.1. The van der Waals surface area contributed by atoms with Crippen molar-refractivity contribution in [2.24, 2.45) is 0 Å². The van der Waals surface area contributed by atoms with Gasteiger partial charge in [-0.15, -0.1) is 0 Å². The number of fused-ring (bicyclic) bond motifs is 11. The SMILES string of the molecule is CCCCc1ccccc1-c1ccc(N(c2ccc(-c3ccccc3)cc2)c2cccc3c2-c2ccccc2C32c3ccccc3Oc3c2ccc2ccccc32)cc1. The van der Waals surface area contributed by atoms with Crippen LogP contribution in [0.4, 0.5) is 17.1 Å². The number of anilines is 3. The molecule has 0 saturated heterocycles. The zero-order chi connectivity index (χ0) is 39.3. The lowest BCUT2D eigenvalue weighted by atomic mass is 9.65. The van der Waals surface area contributed by atoms with Gasteiger partial charge in [0.25, 0.3) is 0 Å². The molecule has 0 bridgehead atoms. The van der Waals surface area contributed by atoms with Crippen molar-refractivity contribution < 1.29 is 4.74 Å².